The maximum Gasteiger partial charge on any atom is 0.271 e. The van der Waals surface area contributed by atoms with Crippen molar-refractivity contribution >= 4 is 29.4 Å². The highest BCUT2D eigenvalue weighted by atomic mass is 35.5. The van der Waals surface area contributed by atoms with Gasteiger partial charge in [-0.15, -0.1) is 0 Å². The zero-order chi connectivity index (χ0) is 23.9. The summed E-state index contributed by atoms with van der Waals surface area (Å²) in [7, 11) is 1.48. The first kappa shape index (κ1) is 23.6. The minimum absolute atomic E-state index is 0.00277. The fraction of sp³-hybridized carbons (Fsp3) is 0.231. The summed E-state index contributed by atoms with van der Waals surface area (Å²) in [5, 5.41) is 4.31. The van der Waals surface area contributed by atoms with Gasteiger partial charge in [-0.25, -0.2) is 9.82 Å². The van der Waals surface area contributed by atoms with Crippen LogP contribution in [0.15, 0.2) is 65.8 Å². The fourth-order valence-electron chi connectivity index (χ4n) is 3.75. The molecule has 0 saturated carbocycles. The highest BCUT2D eigenvalue weighted by Gasteiger charge is 2.14. The number of amides is 1. The van der Waals surface area contributed by atoms with E-state index in [9.17, 15) is 9.18 Å². The van der Waals surface area contributed by atoms with Crippen molar-refractivity contribution in [1.29, 1.82) is 0 Å². The van der Waals surface area contributed by atoms with Crippen LogP contribution < -0.4 is 19.8 Å². The Morgan fingerprint density at radius 3 is 2.59 bits per heavy atom. The third-order valence-corrected chi connectivity index (χ3v) is 5.84. The number of halogens is 2. The van der Waals surface area contributed by atoms with E-state index >= 15 is 0 Å². The summed E-state index contributed by atoms with van der Waals surface area (Å²) in [5.41, 5.74) is 5.17. The van der Waals surface area contributed by atoms with E-state index in [1.807, 2.05) is 12.1 Å². The van der Waals surface area contributed by atoms with E-state index in [2.05, 4.69) is 15.4 Å². The minimum Gasteiger partial charge on any atom is -0.493 e. The third-order valence-electron chi connectivity index (χ3n) is 5.56. The summed E-state index contributed by atoms with van der Waals surface area (Å²) in [6, 6.07) is 17.1. The first-order chi connectivity index (χ1) is 16.5. The summed E-state index contributed by atoms with van der Waals surface area (Å²) in [6.07, 6.45) is 3.86. The number of ether oxygens (including phenoxy) is 2. The Labute approximate surface area is 202 Å². The van der Waals surface area contributed by atoms with Crippen LogP contribution in [0.1, 0.15) is 34.3 Å². The van der Waals surface area contributed by atoms with Gasteiger partial charge in [0.25, 0.3) is 5.91 Å². The molecule has 3 aromatic rings. The number of hydrazone groups is 1. The summed E-state index contributed by atoms with van der Waals surface area (Å²) < 4.78 is 25.0. The molecule has 176 valence electrons. The molecule has 0 atom stereocenters. The zero-order valence-corrected chi connectivity index (χ0v) is 19.5. The summed E-state index contributed by atoms with van der Waals surface area (Å²) in [6.45, 7) is 2.10. The molecule has 0 radical (unpaired) electrons. The lowest BCUT2D eigenvalue weighted by Gasteiger charge is -2.17. The molecule has 1 fully saturated rings. The van der Waals surface area contributed by atoms with E-state index < -0.39 is 0 Å². The fourth-order valence-corrected chi connectivity index (χ4v) is 4.02. The van der Waals surface area contributed by atoms with Gasteiger partial charge in [-0.3, -0.25) is 4.79 Å². The molecule has 0 aliphatic carbocycles. The van der Waals surface area contributed by atoms with Crippen LogP contribution in [0.5, 0.6) is 11.5 Å². The van der Waals surface area contributed by atoms with Crippen molar-refractivity contribution in [3.63, 3.8) is 0 Å². The average molecular weight is 482 g/mol. The molecule has 4 rings (SSSR count). The number of nitrogens with zero attached hydrogens (tertiary/aromatic N) is 2. The van der Waals surface area contributed by atoms with E-state index in [-0.39, 0.29) is 23.4 Å². The standard InChI is InChI=1S/C26H25ClFN3O3/c1-33-24-15-18(14-22(27)25(24)34-17-20-6-2-3-7-23(20)28)16-29-30-26(32)19-8-10-21(11-9-19)31-12-4-5-13-31/h2-3,6-11,14-16H,4-5,12-13,17H2,1H3,(H,30,32)/b29-16-. The van der Waals surface area contributed by atoms with Crippen LogP contribution in [-0.4, -0.2) is 32.3 Å². The normalized spacial score (nSPS) is 13.3. The molecule has 6 nitrogen and oxygen atoms in total. The van der Waals surface area contributed by atoms with Gasteiger partial charge in [0.05, 0.1) is 18.3 Å². The second kappa shape index (κ2) is 11.0. The lowest BCUT2D eigenvalue weighted by atomic mass is 10.2. The van der Waals surface area contributed by atoms with E-state index in [1.165, 1.54) is 32.2 Å². The molecule has 1 saturated heterocycles. The number of carbonyl (C=O) groups is 1. The van der Waals surface area contributed by atoms with Crippen LogP contribution >= 0.6 is 11.6 Å². The molecule has 34 heavy (non-hydrogen) atoms. The second-order valence-electron chi connectivity index (χ2n) is 7.85. The van der Waals surface area contributed by atoms with Crippen LogP contribution in [0, 0.1) is 5.82 Å². The molecule has 8 heteroatoms. The Morgan fingerprint density at radius 2 is 1.88 bits per heavy atom. The van der Waals surface area contributed by atoms with E-state index in [4.69, 9.17) is 21.1 Å². The SMILES string of the molecule is COc1cc(/C=N\NC(=O)c2ccc(N3CCCC3)cc2)cc(Cl)c1OCc1ccccc1F. The predicted molar refractivity (Wildman–Crippen MR) is 132 cm³/mol. The van der Waals surface area contributed by atoms with Crippen molar-refractivity contribution in [2.75, 3.05) is 25.1 Å². The zero-order valence-electron chi connectivity index (χ0n) is 18.8. The minimum atomic E-state index is -0.359. The first-order valence-electron chi connectivity index (χ1n) is 11.0. The third kappa shape index (κ3) is 5.66. The Kier molecular flexibility index (Phi) is 7.65. The Hall–Kier alpha value is -3.58. The maximum atomic E-state index is 13.9. The molecule has 0 unspecified atom stereocenters. The van der Waals surface area contributed by atoms with Crippen molar-refractivity contribution in [3.05, 3.63) is 88.2 Å². The van der Waals surface area contributed by atoms with Crippen molar-refractivity contribution < 1.29 is 18.7 Å². The van der Waals surface area contributed by atoms with Gasteiger partial charge in [0.15, 0.2) is 11.5 Å². The maximum absolute atomic E-state index is 13.9. The smallest absolute Gasteiger partial charge is 0.271 e. The summed E-state index contributed by atoms with van der Waals surface area (Å²) in [4.78, 5) is 14.7. The number of carbonyl (C=O) groups excluding carboxylic acids is 1. The number of anilines is 1. The quantitative estimate of drug-likeness (QED) is 0.344. The van der Waals surface area contributed by atoms with Crippen LogP contribution in [0.25, 0.3) is 0 Å². The van der Waals surface area contributed by atoms with Crippen LogP contribution in [-0.2, 0) is 6.61 Å². The van der Waals surface area contributed by atoms with E-state index in [0.717, 1.165) is 18.8 Å². The molecular weight excluding hydrogens is 457 g/mol. The van der Waals surface area contributed by atoms with Crippen LogP contribution in [0.2, 0.25) is 5.02 Å². The molecule has 3 aromatic carbocycles. The molecule has 1 N–H and O–H groups in total. The lowest BCUT2D eigenvalue weighted by molar-refractivity contribution is 0.0955. The number of hydrogen-bond acceptors (Lipinski definition) is 5. The highest BCUT2D eigenvalue weighted by Crippen LogP contribution is 2.36. The Bertz CT molecular complexity index is 1180. The molecule has 1 aliphatic rings. The first-order valence-corrected chi connectivity index (χ1v) is 11.3. The van der Waals surface area contributed by atoms with Gasteiger partial charge in [0.1, 0.15) is 12.4 Å². The van der Waals surface area contributed by atoms with Gasteiger partial charge in [-0.1, -0.05) is 29.8 Å². The summed E-state index contributed by atoms with van der Waals surface area (Å²) in [5.74, 6) is -0.00397. The van der Waals surface area contributed by atoms with Crippen molar-refractivity contribution in [2.24, 2.45) is 5.10 Å². The van der Waals surface area contributed by atoms with Crippen molar-refractivity contribution in [3.8, 4) is 11.5 Å². The number of rotatable bonds is 8. The van der Waals surface area contributed by atoms with Gasteiger partial charge in [-0.2, -0.15) is 5.10 Å². The number of methoxy groups -OCH3 is 1. The van der Waals surface area contributed by atoms with E-state index in [0.29, 0.717) is 28.2 Å². The average Bonchev–Trinajstić information content (AvgIpc) is 3.39. The van der Waals surface area contributed by atoms with Gasteiger partial charge in [0, 0.05) is 29.9 Å². The predicted octanol–water partition coefficient (Wildman–Crippen LogP) is 5.43. The topological polar surface area (TPSA) is 63.2 Å². The van der Waals surface area contributed by atoms with Gasteiger partial charge in [-0.05, 0) is 60.9 Å². The largest absolute Gasteiger partial charge is 0.493 e. The number of benzene rings is 3. The Balaban J connectivity index is 1.39. The van der Waals surface area contributed by atoms with Gasteiger partial charge in [0.2, 0.25) is 0 Å². The van der Waals surface area contributed by atoms with Crippen LogP contribution in [0.4, 0.5) is 10.1 Å². The molecule has 1 heterocycles. The highest BCUT2D eigenvalue weighted by molar-refractivity contribution is 6.32. The number of nitrogens with one attached hydrogen (secondary N) is 1. The van der Waals surface area contributed by atoms with E-state index in [1.54, 1.807) is 42.5 Å². The van der Waals surface area contributed by atoms with Crippen LogP contribution in [0.3, 0.4) is 0 Å². The van der Waals surface area contributed by atoms with Gasteiger partial charge < -0.3 is 14.4 Å². The monoisotopic (exact) mass is 481 g/mol. The molecular formula is C26H25ClFN3O3. The molecule has 0 spiro atoms. The van der Waals surface area contributed by atoms with Crippen molar-refractivity contribution in [2.45, 2.75) is 19.4 Å². The number of hydrogen-bond donors (Lipinski definition) is 1. The molecule has 0 aromatic heterocycles. The second-order valence-corrected chi connectivity index (χ2v) is 8.26. The molecule has 1 aliphatic heterocycles. The lowest BCUT2D eigenvalue weighted by Crippen LogP contribution is -2.19. The molecule has 0 bridgehead atoms. The molecule has 1 amide bonds. The van der Waals surface area contributed by atoms with Gasteiger partial charge >= 0.3 is 0 Å². The summed E-state index contributed by atoms with van der Waals surface area (Å²) >= 11 is 6.37. The van der Waals surface area contributed by atoms with Crippen molar-refractivity contribution in [1.82, 2.24) is 5.43 Å². The Morgan fingerprint density at radius 1 is 1.15 bits per heavy atom.